The number of nitrogens with one attached hydrogen (secondary N) is 1. The lowest BCUT2D eigenvalue weighted by atomic mass is 10.2. The van der Waals surface area contributed by atoms with Gasteiger partial charge in [-0.2, -0.15) is 0 Å². The van der Waals surface area contributed by atoms with Crippen molar-refractivity contribution < 1.29 is 5.11 Å². The summed E-state index contributed by atoms with van der Waals surface area (Å²) in [6.07, 6.45) is 0.933. The molecule has 2 aromatic heterocycles. The third kappa shape index (κ3) is 3.45. The van der Waals surface area contributed by atoms with E-state index in [9.17, 15) is 9.90 Å². The van der Waals surface area contributed by atoms with Gasteiger partial charge in [-0.15, -0.1) is 11.3 Å². The maximum absolute atomic E-state index is 12.3. The summed E-state index contributed by atoms with van der Waals surface area (Å²) in [7, 11) is 0. The lowest BCUT2D eigenvalue weighted by Gasteiger charge is -2.14. The van der Waals surface area contributed by atoms with Crippen molar-refractivity contribution in [1.29, 1.82) is 0 Å². The average molecular weight is 295 g/mol. The van der Waals surface area contributed by atoms with Crippen LogP contribution in [0.2, 0.25) is 0 Å². The largest absolute Gasteiger partial charge is 0.390 e. The van der Waals surface area contributed by atoms with Crippen molar-refractivity contribution >= 4 is 21.6 Å². The minimum Gasteiger partial charge on any atom is -0.390 e. The summed E-state index contributed by atoms with van der Waals surface area (Å²) in [5.41, 5.74) is 1.72. The average Bonchev–Trinajstić information content (AvgIpc) is 2.75. The van der Waals surface area contributed by atoms with E-state index in [0.29, 0.717) is 17.2 Å². The number of hydrogen-bond acceptors (Lipinski definition) is 5. The summed E-state index contributed by atoms with van der Waals surface area (Å²) < 4.78 is 2.15. The first-order chi connectivity index (χ1) is 9.49. The van der Waals surface area contributed by atoms with Gasteiger partial charge in [0.25, 0.3) is 5.56 Å². The van der Waals surface area contributed by atoms with Crippen LogP contribution in [0.1, 0.15) is 19.4 Å². The zero-order valence-corrected chi connectivity index (χ0v) is 12.9. The first-order valence-corrected chi connectivity index (χ1v) is 7.69. The van der Waals surface area contributed by atoms with Crippen LogP contribution in [-0.2, 0) is 6.54 Å². The van der Waals surface area contributed by atoms with E-state index < -0.39 is 6.10 Å². The molecule has 6 heteroatoms. The second-order valence-corrected chi connectivity index (χ2v) is 6.38. The molecule has 110 valence electrons. The van der Waals surface area contributed by atoms with Crippen LogP contribution in [0.15, 0.2) is 16.5 Å². The fourth-order valence-electron chi connectivity index (χ4n) is 2.02. The Morgan fingerprint density at radius 3 is 2.90 bits per heavy atom. The Morgan fingerprint density at radius 2 is 2.20 bits per heavy atom. The van der Waals surface area contributed by atoms with Gasteiger partial charge < -0.3 is 10.4 Å². The minimum atomic E-state index is -0.591. The first kappa shape index (κ1) is 15.2. The Balaban J connectivity index is 2.06. The zero-order chi connectivity index (χ0) is 14.7. The maximum Gasteiger partial charge on any atom is 0.271 e. The Hall–Kier alpha value is -1.24. The minimum absolute atomic E-state index is 0.0731. The van der Waals surface area contributed by atoms with Gasteiger partial charge in [-0.3, -0.25) is 9.36 Å². The molecule has 0 saturated heterocycles. The number of aromatic nitrogens is 2. The van der Waals surface area contributed by atoms with Crippen LogP contribution in [0.3, 0.4) is 0 Å². The van der Waals surface area contributed by atoms with Crippen molar-refractivity contribution in [2.75, 3.05) is 13.1 Å². The number of fused-ring (bicyclic) bond motifs is 1. The van der Waals surface area contributed by atoms with Crippen LogP contribution in [0.4, 0.5) is 0 Å². The molecule has 0 fully saturated rings. The van der Waals surface area contributed by atoms with Gasteiger partial charge in [-0.1, -0.05) is 13.8 Å². The molecule has 2 N–H and O–H groups in total. The molecule has 0 radical (unpaired) electrons. The van der Waals surface area contributed by atoms with Crippen molar-refractivity contribution in [2.24, 2.45) is 5.92 Å². The molecule has 0 bridgehead atoms. The number of aliphatic hydroxyl groups excluding tert-OH is 1. The smallest absolute Gasteiger partial charge is 0.271 e. The Kier molecular flexibility index (Phi) is 4.91. The van der Waals surface area contributed by atoms with Crippen molar-refractivity contribution in [3.63, 3.8) is 0 Å². The van der Waals surface area contributed by atoms with Crippen LogP contribution >= 0.6 is 11.3 Å². The molecule has 0 aliphatic heterocycles. The molecule has 20 heavy (non-hydrogen) atoms. The van der Waals surface area contributed by atoms with E-state index in [1.54, 1.807) is 0 Å². The summed E-state index contributed by atoms with van der Waals surface area (Å²) >= 11 is 1.41. The summed E-state index contributed by atoms with van der Waals surface area (Å²) in [6, 6.07) is 0. The van der Waals surface area contributed by atoms with Gasteiger partial charge in [0.15, 0.2) is 0 Å². The molecule has 5 nitrogen and oxygen atoms in total. The number of nitrogens with zero attached hydrogens (tertiary/aromatic N) is 2. The van der Waals surface area contributed by atoms with Crippen LogP contribution in [0.5, 0.6) is 0 Å². The maximum atomic E-state index is 12.3. The van der Waals surface area contributed by atoms with E-state index in [-0.39, 0.29) is 12.1 Å². The van der Waals surface area contributed by atoms with E-state index in [2.05, 4.69) is 24.1 Å². The van der Waals surface area contributed by atoms with Crippen LogP contribution < -0.4 is 10.9 Å². The molecule has 0 aliphatic rings. The zero-order valence-electron chi connectivity index (χ0n) is 12.1. The molecule has 0 saturated carbocycles. The fraction of sp³-hybridized carbons (Fsp3) is 0.571. The third-order valence-electron chi connectivity index (χ3n) is 3.06. The van der Waals surface area contributed by atoms with Crippen LogP contribution in [0, 0.1) is 12.8 Å². The van der Waals surface area contributed by atoms with Gasteiger partial charge in [-0.05, 0) is 30.3 Å². The van der Waals surface area contributed by atoms with Gasteiger partial charge in [0.1, 0.15) is 4.70 Å². The summed E-state index contributed by atoms with van der Waals surface area (Å²) in [4.78, 5) is 16.6. The predicted molar refractivity (Wildman–Crippen MR) is 82.3 cm³/mol. The monoisotopic (exact) mass is 295 g/mol. The molecule has 2 aromatic rings. The van der Waals surface area contributed by atoms with E-state index in [1.807, 2.05) is 12.3 Å². The normalized spacial score (nSPS) is 13.2. The predicted octanol–water partition coefficient (Wildman–Crippen LogP) is 1.37. The van der Waals surface area contributed by atoms with Crippen LogP contribution in [0.25, 0.3) is 10.2 Å². The number of aryl methyl sites for hydroxylation is 1. The molecule has 0 spiro atoms. The third-order valence-corrected chi connectivity index (χ3v) is 4.14. The molecule has 1 unspecified atom stereocenters. The Bertz CT molecular complexity index is 633. The van der Waals surface area contributed by atoms with Gasteiger partial charge >= 0.3 is 0 Å². The quantitative estimate of drug-likeness (QED) is 0.845. The van der Waals surface area contributed by atoms with Gasteiger partial charge in [-0.25, -0.2) is 4.98 Å². The van der Waals surface area contributed by atoms with Crippen molar-refractivity contribution in [3.05, 3.63) is 27.6 Å². The SMILES string of the molecule is Cc1csc2c(=O)n(CC(O)CNCC(C)C)cnc12. The molecule has 2 rings (SSSR count). The van der Waals surface area contributed by atoms with E-state index in [4.69, 9.17) is 0 Å². The molecule has 0 aromatic carbocycles. The van der Waals surface area contributed by atoms with Crippen molar-refractivity contribution in [1.82, 2.24) is 14.9 Å². The lowest BCUT2D eigenvalue weighted by Crippen LogP contribution is -2.35. The highest BCUT2D eigenvalue weighted by Gasteiger charge is 2.11. The molecule has 0 aliphatic carbocycles. The van der Waals surface area contributed by atoms with Crippen LogP contribution in [-0.4, -0.2) is 33.9 Å². The highest BCUT2D eigenvalue weighted by molar-refractivity contribution is 7.17. The molecular weight excluding hydrogens is 274 g/mol. The van der Waals surface area contributed by atoms with E-state index in [0.717, 1.165) is 17.6 Å². The summed E-state index contributed by atoms with van der Waals surface area (Å²) in [5.74, 6) is 0.539. The number of aliphatic hydroxyl groups is 1. The highest BCUT2D eigenvalue weighted by atomic mass is 32.1. The van der Waals surface area contributed by atoms with Crippen molar-refractivity contribution in [2.45, 2.75) is 33.4 Å². The summed E-state index contributed by atoms with van der Waals surface area (Å²) in [5, 5.41) is 15.1. The fourth-order valence-corrected chi connectivity index (χ4v) is 2.97. The lowest BCUT2D eigenvalue weighted by molar-refractivity contribution is 0.149. The topological polar surface area (TPSA) is 67.2 Å². The first-order valence-electron chi connectivity index (χ1n) is 6.81. The second-order valence-electron chi connectivity index (χ2n) is 5.50. The second kappa shape index (κ2) is 6.47. The Morgan fingerprint density at radius 1 is 1.45 bits per heavy atom. The molecular formula is C14H21N3O2S. The van der Waals surface area contributed by atoms with E-state index in [1.165, 1.54) is 22.2 Å². The standard InChI is InChI=1S/C14H21N3O2S/c1-9(2)4-15-5-11(18)6-17-8-16-12-10(3)7-20-13(12)14(17)19/h7-9,11,15,18H,4-6H2,1-3H3. The van der Waals surface area contributed by atoms with E-state index >= 15 is 0 Å². The molecule has 0 amide bonds. The number of hydrogen-bond donors (Lipinski definition) is 2. The van der Waals surface area contributed by atoms with Crippen molar-refractivity contribution in [3.8, 4) is 0 Å². The van der Waals surface area contributed by atoms with Gasteiger partial charge in [0, 0.05) is 6.54 Å². The molecule has 2 heterocycles. The van der Waals surface area contributed by atoms with Gasteiger partial charge in [0.05, 0.1) is 24.5 Å². The number of thiophene rings is 1. The van der Waals surface area contributed by atoms with Gasteiger partial charge in [0.2, 0.25) is 0 Å². The highest BCUT2D eigenvalue weighted by Crippen LogP contribution is 2.19. The summed E-state index contributed by atoms with van der Waals surface area (Å²) in [6.45, 7) is 7.77. The number of rotatable bonds is 6. The molecule has 1 atom stereocenters. The Labute approximate surface area is 122 Å².